The molecule has 1 N–H and O–H groups in total. The number of ether oxygens (including phenoxy) is 1. The van der Waals surface area contributed by atoms with Gasteiger partial charge < -0.3 is 10.1 Å². The first-order valence-electron chi connectivity index (χ1n) is 10.6. The Balaban J connectivity index is 1.88. The van der Waals surface area contributed by atoms with Crippen molar-refractivity contribution in [1.82, 2.24) is 0 Å². The summed E-state index contributed by atoms with van der Waals surface area (Å²) in [6.07, 6.45) is 3.21. The molecule has 0 aliphatic heterocycles. The first-order chi connectivity index (χ1) is 15.8. The zero-order valence-corrected chi connectivity index (χ0v) is 21.0. The van der Waals surface area contributed by atoms with Crippen LogP contribution in [-0.4, -0.2) is 28.0 Å². The van der Waals surface area contributed by atoms with Crippen LogP contribution in [0, 0.1) is 0 Å². The summed E-state index contributed by atoms with van der Waals surface area (Å²) in [7, 11) is -2.70. The molecule has 3 aromatic rings. The minimum absolute atomic E-state index is 0.0312. The highest BCUT2D eigenvalue weighted by Crippen LogP contribution is 2.32. The Morgan fingerprint density at radius 1 is 1.03 bits per heavy atom. The quantitative estimate of drug-likeness (QED) is 0.368. The fourth-order valence-corrected chi connectivity index (χ4v) is 5.46. The van der Waals surface area contributed by atoms with E-state index in [4.69, 9.17) is 4.74 Å². The third-order valence-corrected chi connectivity index (χ3v) is 7.37. The minimum Gasteiger partial charge on any atom is -0.495 e. The van der Waals surface area contributed by atoms with Gasteiger partial charge in [-0.3, -0.25) is 9.10 Å². The topological polar surface area (TPSA) is 75.7 Å². The molecule has 0 saturated carbocycles. The molecule has 3 aromatic carbocycles. The summed E-state index contributed by atoms with van der Waals surface area (Å²) in [4.78, 5) is 12.9. The lowest BCUT2D eigenvalue weighted by molar-refractivity contribution is -0.114. The molecule has 0 radical (unpaired) electrons. The van der Waals surface area contributed by atoms with Crippen LogP contribution in [0.1, 0.15) is 25.3 Å². The van der Waals surface area contributed by atoms with Crippen LogP contribution in [0.5, 0.6) is 5.75 Å². The molecule has 0 aliphatic carbocycles. The number of nitrogens with zero attached hydrogens (tertiary/aromatic N) is 1. The van der Waals surface area contributed by atoms with Gasteiger partial charge in [-0.25, -0.2) is 8.42 Å². The van der Waals surface area contributed by atoms with Gasteiger partial charge in [-0.05, 0) is 60.9 Å². The first-order valence-corrected chi connectivity index (χ1v) is 12.9. The summed E-state index contributed by atoms with van der Waals surface area (Å²) >= 11 is 3.32. The number of carbonyl (C=O) groups excluding carboxylic acids is 1. The minimum atomic E-state index is -4.11. The largest absolute Gasteiger partial charge is 0.495 e. The van der Waals surface area contributed by atoms with Gasteiger partial charge in [0.1, 0.15) is 17.2 Å². The van der Waals surface area contributed by atoms with E-state index in [0.29, 0.717) is 15.8 Å². The SMILES string of the molecule is CCCCc1ccc(NC(=O)CN(c2ccccc2)S(=O)(=O)c2cc(Br)ccc2OC)cc1. The number of sulfonamides is 1. The fourth-order valence-electron chi connectivity index (χ4n) is 3.35. The molecule has 6 nitrogen and oxygen atoms in total. The number of benzene rings is 3. The number of unbranched alkanes of at least 4 members (excludes halogenated alkanes) is 1. The van der Waals surface area contributed by atoms with Gasteiger partial charge in [-0.2, -0.15) is 0 Å². The van der Waals surface area contributed by atoms with Gasteiger partial charge in [0.05, 0.1) is 12.8 Å². The van der Waals surface area contributed by atoms with Gasteiger partial charge in [0.25, 0.3) is 10.0 Å². The van der Waals surface area contributed by atoms with Crippen LogP contribution in [0.4, 0.5) is 11.4 Å². The Morgan fingerprint density at radius 2 is 1.73 bits per heavy atom. The van der Waals surface area contributed by atoms with Crippen molar-refractivity contribution in [2.45, 2.75) is 31.1 Å². The van der Waals surface area contributed by atoms with Crippen molar-refractivity contribution in [2.24, 2.45) is 0 Å². The summed E-state index contributed by atoms with van der Waals surface area (Å²) < 4.78 is 34.2. The smallest absolute Gasteiger partial charge is 0.268 e. The summed E-state index contributed by atoms with van der Waals surface area (Å²) in [5.41, 5.74) is 2.19. The Bertz CT molecular complexity index is 1180. The standard InChI is InChI=1S/C25H27BrN2O4S/c1-3-4-8-19-11-14-21(15-12-19)27-25(29)18-28(22-9-6-5-7-10-22)33(30,31)24-17-20(26)13-16-23(24)32-2/h5-7,9-17H,3-4,8,18H2,1-2H3,(H,27,29). The van der Waals surface area contributed by atoms with Gasteiger partial charge in [0, 0.05) is 10.2 Å². The zero-order valence-electron chi connectivity index (χ0n) is 18.6. The second-order valence-corrected chi connectivity index (χ2v) is 10.2. The van der Waals surface area contributed by atoms with Crippen molar-refractivity contribution in [3.63, 3.8) is 0 Å². The molecule has 1 amide bonds. The second-order valence-electron chi connectivity index (χ2n) is 7.49. The van der Waals surface area contributed by atoms with Crippen molar-refractivity contribution in [3.05, 3.63) is 82.8 Å². The van der Waals surface area contributed by atoms with Crippen LogP contribution < -0.4 is 14.4 Å². The zero-order chi connectivity index (χ0) is 23.8. The lowest BCUT2D eigenvalue weighted by atomic mass is 10.1. The fraction of sp³-hybridized carbons (Fsp3) is 0.240. The van der Waals surface area contributed by atoms with E-state index < -0.39 is 15.9 Å². The summed E-state index contributed by atoms with van der Waals surface area (Å²) in [5, 5.41) is 2.80. The molecule has 0 fully saturated rings. The predicted molar refractivity (Wildman–Crippen MR) is 135 cm³/mol. The van der Waals surface area contributed by atoms with Crippen molar-refractivity contribution >= 4 is 43.2 Å². The number of hydrogen-bond donors (Lipinski definition) is 1. The van der Waals surface area contributed by atoms with E-state index in [1.54, 1.807) is 42.5 Å². The summed E-state index contributed by atoms with van der Waals surface area (Å²) in [5.74, 6) is -0.250. The van der Waals surface area contributed by atoms with E-state index >= 15 is 0 Å². The normalized spacial score (nSPS) is 11.1. The number of nitrogens with one attached hydrogen (secondary N) is 1. The molecule has 0 saturated heterocycles. The predicted octanol–water partition coefficient (Wildman–Crippen LogP) is 5.63. The molecule has 0 unspecified atom stereocenters. The van der Waals surface area contributed by atoms with Gasteiger partial charge in [-0.1, -0.05) is 59.6 Å². The highest BCUT2D eigenvalue weighted by molar-refractivity contribution is 9.10. The van der Waals surface area contributed by atoms with E-state index in [9.17, 15) is 13.2 Å². The van der Waals surface area contributed by atoms with Gasteiger partial charge >= 0.3 is 0 Å². The molecule has 0 aromatic heterocycles. The number of para-hydroxylation sites is 1. The maximum Gasteiger partial charge on any atom is 0.268 e. The van der Waals surface area contributed by atoms with Gasteiger partial charge in [0.2, 0.25) is 5.91 Å². The van der Waals surface area contributed by atoms with E-state index in [0.717, 1.165) is 23.6 Å². The van der Waals surface area contributed by atoms with Crippen LogP contribution >= 0.6 is 15.9 Å². The number of carbonyl (C=O) groups is 1. The van der Waals surface area contributed by atoms with Crippen molar-refractivity contribution in [2.75, 3.05) is 23.3 Å². The Hall–Kier alpha value is -2.84. The third-order valence-electron chi connectivity index (χ3n) is 5.08. The van der Waals surface area contributed by atoms with Crippen molar-refractivity contribution in [3.8, 4) is 5.75 Å². The average Bonchev–Trinajstić information content (AvgIpc) is 2.82. The molecule has 0 atom stereocenters. The molecule has 0 spiro atoms. The number of anilines is 2. The molecule has 0 heterocycles. The van der Waals surface area contributed by atoms with E-state index in [2.05, 4.69) is 28.2 Å². The monoisotopic (exact) mass is 530 g/mol. The molecule has 0 aliphatic rings. The molecule has 33 heavy (non-hydrogen) atoms. The lowest BCUT2D eigenvalue weighted by Gasteiger charge is -2.25. The average molecular weight is 531 g/mol. The highest BCUT2D eigenvalue weighted by Gasteiger charge is 2.30. The number of aryl methyl sites for hydroxylation is 1. The van der Waals surface area contributed by atoms with Crippen LogP contribution in [-0.2, 0) is 21.2 Å². The van der Waals surface area contributed by atoms with Crippen LogP contribution in [0.3, 0.4) is 0 Å². The first kappa shape index (κ1) is 24.8. The Morgan fingerprint density at radius 3 is 2.36 bits per heavy atom. The highest BCUT2D eigenvalue weighted by atomic mass is 79.9. The number of rotatable bonds is 10. The second kappa shape index (κ2) is 11.3. The number of amides is 1. The maximum atomic E-state index is 13.6. The molecule has 3 rings (SSSR count). The van der Waals surface area contributed by atoms with Crippen LogP contribution in [0.25, 0.3) is 0 Å². The summed E-state index contributed by atoms with van der Waals surface area (Å²) in [6.45, 7) is 1.75. The number of halogens is 1. The lowest BCUT2D eigenvalue weighted by Crippen LogP contribution is -2.38. The molecular formula is C25H27BrN2O4S. The summed E-state index contributed by atoms with van der Waals surface area (Å²) in [6, 6.07) is 20.9. The molecule has 0 bridgehead atoms. The van der Waals surface area contributed by atoms with Crippen LogP contribution in [0.2, 0.25) is 0 Å². The number of hydrogen-bond acceptors (Lipinski definition) is 4. The van der Waals surface area contributed by atoms with Crippen LogP contribution in [0.15, 0.2) is 82.2 Å². The van der Waals surface area contributed by atoms with E-state index in [1.807, 2.05) is 24.3 Å². The third kappa shape index (κ3) is 6.36. The molecule has 8 heteroatoms. The van der Waals surface area contributed by atoms with Crippen molar-refractivity contribution in [1.29, 1.82) is 0 Å². The van der Waals surface area contributed by atoms with E-state index in [1.165, 1.54) is 18.7 Å². The van der Waals surface area contributed by atoms with Crippen molar-refractivity contribution < 1.29 is 17.9 Å². The maximum absolute atomic E-state index is 13.6. The van der Waals surface area contributed by atoms with Gasteiger partial charge in [-0.15, -0.1) is 0 Å². The Labute approximate surface area is 203 Å². The molecule has 174 valence electrons. The number of methoxy groups -OCH3 is 1. The Kier molecular flexibility index (Phi) is 8.52. The molecular weight excluding hydrogens is 504 g/mol. The van der Waals surface area contributed by atoms with E-state index in [-0.39, 0.29) is 17.2 Å². The van der Waals surface area contributed by atoms with Gasteiger partial charge in [0.15, 0.2) is 0 Å².